The fraction of sp³-hybridized carbons (Fsp3) is 0.294. The zero-order valence-electron chi connectivity index (χ0n) is 13.0. The van der Waals surface area contributed by atoms with E-state index >= 15 is 0 Å². The zero-order chi connectivity index (χ0) is 16.3. The first-order chi connectivity index (χ1) is 11.1. The highest BCUT2D eigenvalue weighted by molar-refractivity contribution is 7.92. The number of hydrogen-bond donors (Lipinski definition) is 1. The van der Waals surface area contributed by atoms with E-state index in [2.05, 4.69) is 9.62 Å². The Balaban J connectivity index is 1.77. The second-order valence-corrected chi connectivity index (χ2v) is 7.21. The normalized spacial score (nSPS) is 14.7. The lowest BCUT2D eigenvalue weighted by Crippen LogP contribution is -2.17. The highest BCUT2D eigenvalue weighted by atomic mass is 32.2. The number of ether oxygens (including phenoxy) is 1. The number of hydrogen-bond acceptors (Lipinski definition) is 4. The highest BCUT2D eigenvalue weighted by Crippen LogP contribution is 2.24. The van der Waals surface area contributed by atoms with Gasteiger partial charge < -0.3 is 9.64 Å². The van der Waals surface area contributed by atoms with Crippen LogP contribution in [-0.2, 0) is 10.0 Å². The van der Waals surface area contributed by atoms with E-state index < -0.39 is 10.0 Å². The third kappa shape index (κ3) is 3.59. The van der Waals surface area contributed by atoms with Crippen LogP contribution in [0.1, 0.15) is 12.8 Å². The first-order valence-corrected chi connectivity index (χ1v) is 9.09. The number of methoxy groups -OCH3 is 1. The lowest BCUT2D eigenvalue weighted by molar-refractivity contribution is 0.413. The van der Waals surface area contributed by atoms with Gasteiger partial charge in [0.2, 0.25) is 0 Å². The summed E-state index contributed by atoms with van der Waals surface area (Å²) in [5.74, 6) is 0.511. The number of nitrogens with one attached hydrogen (secondary N) is 1. The van der Waals surface area contributed by atoms with Crippen LogP contribution in [0.2, 0.25) is 0 Å². The summed E-state index contributed by atoms with van der Waals surface area (Å²) in [6.45, 7) is 2.13. The van der Waals surface area contributed by atoms with Crippen LogP contribution >= 0.6 is 0 Å². The molecule has 1 heterocycles. The molecule has 1 aliphatic heterocycles. The fourth-order valence-corrected chi connectivity index (χ4v) is 3.79. The van der Waals surface area contributed by atoms with Crippen LogP contribution in [0, 0.1) is 0 Å². The van der Waals surface area contributed by atoms with Gasteiger partial charge >= 0.3 is 0 Å². The van der Waals surface area contributed by atoms with E-state index in [1.165, 1.54) is 26.0 Å². The van der Waals surface area contributed by atoms with E-state index in [1.54, 1.807) is 30.3 Å². The third-order valence-electron chi connectivity index (χ3n) is 3.94. The van der Waals surface area contributed by atoms with Crippen molar-refractivity contribution >= 4 is 21.4 Å². The molecule has 0 atom stereocenters. The molecular weight excluding hydrogens is 312 g/mol. The number of rotatable bonds is 5. The van der Waals surface area contributed by atoms with Crippen molar-refractivity contribution in [3.8, 4) is 5.75 Å². The molecule has 2 aromatic carbocycles. The Kier molecular flexibility index (Phi) is 4.43. The van der Waals surface area contributed by atoms with Crippen LogP contribution in [0.25, 0.3) is 0 Å². The summed E-state index contributed by atoms with van der Waals surface area (Å²) < 4.78 is 32.5. The Bertz CT molecular complexity index is 767. The van der Waals surface area contributed by atoms with Crippen molar-refractivity contribution in [2.45, 2.75) is 17.7 Å². The van der Waals surface area contributed by atoms with E-state index in [0.717, 1.165) is 18.8 Å². The standard InChI is InChI=1S/C17H20N2O3S/c1-22-16-5-4-6-17(13-16)23(20,21)18-14-7-9-15(10-8-14)19-11-2-3-12-19/h4-10,13,18H,2-3,11-12H2,1H3. The maximum Gasteiger partial charge on any atom is 0.262 e. The SMILES string of the molecule is COc1cccc(S(=O)(=O)Nc2ccc(N3CCCC3)cc2)c1. The molecular formula is C17H20N2O3S. The van der Waals surface area contributed by atoms with Crippen molar-refractivity contribution in [3.05, 3.63) is 48.5 Å². The number of benzene rings is 2. The topological polar surface area (TPSA) is 58.6 Å². The molecule has 3 rings (SSSR count). The molecule has 0 bridgehead atoms. The summed E-state index contributed by atoms with van der Waals surface area (Å²) in [6, 6.07) is 13.9. The van der Waals surface area contributed by atoms with Gasteiger partial charge in [-0.15, -0.1) is 0 Å². The smallest absolute Gasteiger partial charge is 0.262 e. The van der Waals surface area contributed by atoms with Crippen molar-refractivity contribution in [1.82, 2.24) is 0 Å². The molecule has 0 amide bonds. The quantitative estimate of drug-likeness (QED) is 0.914. The summed E-state index contributed by atoms with van der Waals surface area (Å²) in [5.41, 5.74) is 1.68. The van der Waals surface area contributed by atoms with Crippen molar-refractivity contribution in [2.24, 2.45) is 0 Å². The summed E-state index contributed by atoms with van der Waals surface area (Å²) in [4.78, 5) is 2.49. The molecule has 23 heavy (non-hydrogen) atoms. The number of nitrogens with zero attached hydrogens (tertiary/aromatic N) is 1. The minimum absolute atomic E-state index is 0.181. The molecule has 0 saturated carbocycles. The highest BCUT2D eigenvalue weighted by Gasteiger charge is 2.16. The van der Waals surface area contributed by atoms with Gasteiger partial charge in [0.15, 0.2) is 0 Å². The summed E-state index contributed by atoms with van der Waals surface area (Å²) >= 11 is 0. The lowest BCUT2D eigenvalue weighted by Gasteiger charge is -2.18. The third-order valence-corrected chi connectivity index (χ3v) is 5.32. The minimum Gasteiger partial charge on any atom is -0.497 e. The van der Waals surface area contributed by atoms with Crippen molar-refractivity contribution < 1.29 is 13.2 Å². The van der Waals surface area contributed by atoms with E-state index in [4.69, 9.17) is 4.74 Å². The minimum atomic E-state index is -3.62. The Morgan fingerprint density at radius 2 is 1.74 bits per heavy atom. The van der Waals surface area contributed by atoms with Crippen LogP contribution in [-0.4, -0.2) is 28.6 Å². The van der Waals surface area contributed by atoms with Gasteiger partial charge in [-0.25, -0.2) is 8.42 Å². The Hall–Kier alpha value is -2.21. The Morgan fingerprint density at radius 1 is 1.04 bits per heavy atom. The van der Waals surface area contributed by atoms with Gasteiger partial charge in [0, 0.05) is 30.5 Å². The number of sulfonamides is 1. The van der Waals surface area contributed by atoms with Gasteiger partial charge in [0.05, 0.1) is 12.0 Å². The first kappa shape index (κ1) is 15.7. The predicted octanol–water partition coefficient (Wildman–Crippen LogP) is 3.10. The van der Waals surface area contributed by atoms with Crippen LogP contribution in [0.15, 0.2) is 53.4 Å². The molecule has 0 radical (unpaired) electrons. The fourth-order valence-electron chi connectivity index (χ4n) is 2.70. The maximum atomic E-state index is 12.4. The van der Waals surface area contributed by atoms with E-state index in [-0.39, 0.29) is 4.90 Å². The van der Waals surface area contributed by atoms with Crippen LogP contribution in [0.5, 0.6) is 5.75 Å². The summed E-state index contributed by atoms with van der Waals surface area (Å²) in [6.07, 6.45) is 2.43. The molecule has 1 aliphatic rings. The molecule has 0 aliphatic carbocycles. The molecule has 0 unspecified atom stereocenters. The van der Waals surface area contributed by atoms with Gasteiger partial charge in [-0.1, -0.05) is 6.07 Å². The van der Waals surface area contributed by atoms with Crippen LogP contribution in [0.4, 0.5) is 11.4 Å². The lowest BCUT2D eigenvalue weighted by atomic mass is 10.2. The van der Waals surface area contributed by atoms with Crippen LogP contribution in [0.3, 0.4) is 0 Å². The largest absolute Gasteiger partial charge is 0.497 e. The second-order valence-electron chi connectivity index (χ2n) is 5.53. The average molecular weight is 332 g/mol. The molecule has 6 heteroatoms. The maximum absolute atomic E-state index is 12.4. The molecule has 1 saturated heterocycles. The summed E-state index contributed by atoms with van der Waals surface area (Å²) in [7, 11) is -2.11. The van der Waals surface area contributed by atoms with Crippen LogP contribution < -0.4 is 14.4 Å². The molecule has 2 aromatic rings. The first-order valence-electron chi connectivity index (χ1n) is 7.60. The monoisotopic (exact) mass is 332 g/mol. The Morgan fingerprint density at radius 3 is 2.39 bits per heavy atom. The molecule has 1 N–H and O–H groups in total. The number of anilines is 2. The predicted molar refractivity (Wildman–Crippen MR) is 91.7 cm³/mol. The van der Waals surface area contributed by atoms with Crippen molar-refractivity contribution in [3.63, 3.8) is 0 Å². The summed E-state index contributed by atoms with van der Waals surface area (Å²) in [5, 5.41) is 0. The zero-order valence-corrected chi connectivity index (χ0v) is 13.8. The molecule has 0 aromatic heterocycles. The van der Waals surface area contributed by atoms with Gasteiger partial charge in [-0.05, 0) is 49.2 Å². The van der Waals surface area contributed by atoms with E-state index in [0.29, 0.717) is 11.4 Å². The van der Waals surface area contributed by atoms with Gasteiger partial charge in [-0.2, -0.15) is 0 Å². The van der Waals surface area contributed by atoms with Gasteiger partial charge in [0.1, 0.15) is 5.75 Å². The van der Waals surface area contributed by atoms with E-state index in [1.807, 2.05) is 12.1 Å². The second kappa shape index (κ2) is 6.50. The molecule has 0 spiro atoms. The molecule has 5 nitrogen and oxygen atoms in total. The molecule has 122 valence electrons. The van der Waals surface area contributed by atoms with Crippen molar-refractivity contribution in [1.29, 1.82) is 0 Å². The van der Waals surface area contributed by atoms with Gasteiger partial charge in [-0.3, -0.25) is 4.72 Å². The Labute approximate surface area is 136 Å². The van der Waals surface area contributed by atoms with Gasteiger partial charge in [0.25, 0.3) is 10.0 Å². The molecule has 1 fully saturated rings. The average Bonchev–Trinajstić information content (AvgIpc) is 3.10. The van der Waals surface area contributed by atoms with E-state index in [9.17, 15) is 8.42 Å². The van der Waals surface area contributed by atoms with Crippen molar-refractivity contribution in [2.75, 3.05) is 29.8 Å².